The lowest BCUT2D eigenvalue weighted by Crippen LogP contribution is -2.55. The number of ether oxygens (including phenoxy) is 1. The molecule has 6 nitrogen and oxygen atoms in total. The second-order valence-corrected chi connectivity index (χ2v) is 7.96. The fourth-order valence-corrected chi connectivity index (χ4v) is 2.95. The average Bonchev–Trinajstić information content (AvgIpc) is 2.60. The number of piperazine rings is 1. The van der Waals surface area contributed by atoms with Crippen molar-refractivity contribution in [3.8, 4) is 0 Å². The Morgan fingerprint density at radius 3 is 2.15 bits per heavy atom. The Kier molecular flexibility index (Phi) is 6.81. The first-order chi connectivity index (χ1) is 12.6. The van der Waals surface area contributed by atoms with Crippen molar-refractivity contribution in [3.05, 3.63) is 35.6 Å². The minimum atomic E-state index is -0.516. The number of hydrogen-bond donors (Lipinski definition) is 1. The van der Waals surface area contributed by atoms with Crippen LogP contribution < -0.4 is 5.32 Å². The molecule has 0 radical (unpaired) electrons. The topological polar surface area (TPSA) is 61.9 Å². The highest BCUT2D eigenvalue weighted by Crippen LogP contribution is 2.15. The average molecular weight is 379 g/mol. The van der Waals surface area contributed by atoms with Crippen molar-refractivity contribution in [1.82, 2.24) is 15.1 Å². The molecule has 1 aromatic rings. The first-order valence-corrected chi connectivity index (χ1v) is 9.34. The SMILES string of the molecule is CC(NC(=O)C(C)N1CCN(C(=O)OC(C)(C)C)CC1)c1ccc(F)cc1. The highest BCUT2D eigenvalue weighted by molar-refractivity contribution is 5.81. The standard InChI is InChI=1S/C20H30FN3O3/c1-14(16-6-8-17(21)9-7-16)22-18(25)15(2)23-10-12-24(13-11-23)19(26)27-20(3,4)5/h6-9,14-15H,10-13H2,1-5H3,(H,22,25). The van der Waals surface area contributed by atoms with Crippen molar-refractivity contribution in [2.24, 2.45) is 0 Å². The van der Waals surface area contributed by atoms with Crippen LogP contribution in [0, 0.1) is 5.82 Å². The van der Waals surface area contributed by atoms with E-state index in [0.29, 0.717) is 26.2 Å². The number of amides is 2. The first-order valence-electron chi connectivity index (χ1n) is 9.34. The van der Waals surface area contributed by atoms with E-state index in [2.05, 4.69) is 5.32 Å². The van der Waals surface area contributed by atoms with E-state index < -0.39 is 5.60 Å². The number of rotatable bonds is 4. The molecule has 2 atom stereocenters. The Morgan fingerprint density at radius 1 is 1.07 bits per heavy atom. The monoisotopic (exact) mass is 379 g/mol. The van der Waals surface area contributed by atoms with Gasteiger partial charge in [0.25, 0.3) is 0 Å². The molecule has 1 heterocycles. The molecule has 0 saturated carbocycles. The van der Waals surface area contributed by atoms with E-state index in [0.717, 1.165) is 5.56 Å². The highest BCUT2D eigenvalue weighted by atomic mass is 19.1. The normalized spacial score (nSPS) is 17.9. The molecule has 1 aliphatic rings. The lowest BCUT2D eigenvalue weighted by atomic mass is 10.1. The number of hydrogen-bond acceptors (Lipinski definition) is 4. The molecule has 7 heteroatoms. The van der Waals surface area contributed by atoms with Gasteiger partial charge in [0.05, 0.1) is 12.1 Å². The summed E-state index contributed by atoms with van der Waals surface area (Å²) in [5, 5.41) is 2.97. The van der Waals surface area contributed by atoms with Crippen molar-refractivity contribution >= 4 is 12.0 Å². The molecule has 150 valence electrons. The van der Waals surface area contributed by atoms with Crippen molar-refractivity contribution < 1.29 is 18.7 Å². The first kappa shape index (κ1) is 21.2. The molecule has 1 aliphatic heterocycles. The maximum absolute atomic E-state index is 13.0. The van der Waals surface area contributed by atoms with E-state index in [-0.39, 0.29) is 29.9 Å². The zero-order valence-electron chi connectivity index (χ0n) is 16.8. The Morgan fingerprint density at radius 2 is 1.63 bits per heavy atom. The summed E-state index contributed by atoms with van der Waals surface area (Å²) in [6.45, 7) is 11.5. The summed E-state index contributed by atoms with van der Waals surface area (Å²) >= 11 is 0. The Balaban J connectivity index is 1.84. The molecule has 0 aromatic heterocycles. The Bertz CT molecular complexity index is 649. The summed E-state index contributed by atoms with van der Waals surface area (Å²) in [5.74, 6) is -0.383. The third-order valence-electron chi connectivity index (χ3n) is 4.62. The molecule has 0 spiro atoms. The van der Waals surface area contributed by atoms with Crippen LogP contribution in [0.15, 0.2) is 24.3 Å². The predicted octanol–water partition coefficient (Wildman–Crippen LogP) is 2.94. The van der Waals surface area contributed by atoms with E-state index in [9.17, 15) is 14.0 Å². The molecular formula is C20H30FN3O3. The fourth-order valence-electron chi connectivity index (χ4n) is 2.95. The zero-order chi connectivity index (χ0) is 20.2. The van der Waals surface area contributed by atoms with Crippen LogP contribution >= 0.6 is 0 Å². The second-order valence-electron chi connectivity index (χ2n) is 7.96. The van der Waals surface area contributed by atoms with Gasteiger partial charge in [0.1, 0.15) is 11.4 Å². The number of carbonyl (C=O) groups is 2. The Labute approximate surface area is 160 Å². The van der Waals surface area contributed by atoms with Crippen LogP contribution in [0.1, 0.15) is 46.2 Å². The lowest BCUT2D eigenvalue weighted by molar-refractivity contribution is -0.127. The molecule has 0 aliphatic carbocycles. The molecule has 0 bridgehead atoms. The number of nitrogens with one attached hydrogen (secondary N) is 1. The maximum atomic E-state index is 13.0. The van der Waals surface area contributed by atoms with Crippen LogP contribution in [0.25, 0.3) is 0 Å². The largest absolute Gasteiger partial charge is 0.444 e. The van der Waals surface area contributed by atoms with Gasteiger partial charge < -0.3 is 15.0 Å². The smallest absolute Gasteiger partial charge is 0.410 e. The van der Waals surface area contributed by atoms with Crippen molar-refractivity contribution in [1.29, 1.82) is 0 Å². The van der Waals surface area contributed by atoms with Gasteiger partial charge in [-0.1, -0.05) is 12.1 Å². The van der Waals surface area contributed by atoms with Gasteiger partial charge >= 0.3 is 6.09 Å². The summed E-state index contributed by atoms with van der Waals surface area (Å²) < 4.78 is 18.4. The number of carbonyl (C=O) groups excluding carboxylic acids is 2. The second kappa shape index (κ2) is 8.69. The van der Waals surface area contributed by atoms with Gasteiger partial charge in [-0.15, -0.1) is 0 Å². The van der Waals surface area contributed by atoms with E-state index in [1.165, 1.54) is 12.1 Å². The molecule has 1 saturated heterocycles. The third kappa shape index (κ3) is 6.20. The van der Waals surface area contributed by atoms with E-state index in [1.54, 1.807) is 17.0 Å². The summed E-state index contributed by atoms with van der Waals surface area (Å²) in [5.41, 5.74) is 0.337. The molecule has 1 fully saturated rings. The van der Waals surface area contributed by atoms with Gasteiger partial charge in [-0.3, -0.25) is 9.69 Å². The van der Waals surface area contributed by atoms with Gasteiger partial charge in [0.15, 0.2) is 0 Å². The lowest BCUT2D eigenvalue weighted by Gasteiger charge is -2.38. The summed E-state index contributed by atoms with van der Waals surface area (Å²) in [6.07, 6.45) is -0.316. The fraction of sp³-hybridized carbons (Fsp3) is 0.600. The molecule has 2 rings (SSSR count). The van der Waals surface area contributed by atoms with Gasteiger partial charge in [0, 0.05) is 26.2 Å². The highest BCUT2D eigenvalue weighted by Gasteiger charge is 2.30. The van der Waals surface area contributed by atoms with Crippen molar-refractivity contribution in [3.63, 3.8) is 0 Å². The molecule has 2 amide bonds. The van der Waals surface area contributed by atoms with Crippen LogP contribution in [0.3, 0.4) is 0 Å². The van der Waals surface area contributed by atoms with Crippen molar-refractivity contribution in [2.75, 3.05) is 26.2 Å². The molecule has 1 aromatic carbocycles. The van der Waals surface area contributed by atoms with Gasteiger partial charge in [-0.05, 0) is 52.3 Å². The van der Waals surface area contributed by atoms with Gasteiger partial charge in [-0.25, -0.2) is 9.18 Å². The van der Waals surface area contributed by atoms with E-state index in [1.807, 2.05) is 39.5 Å². The number of halogens is 1. The zero-order valence-corrected chi connectivity index (χ0v) is 16.8. The number of nitrogens with zero attached hydrogens (tertiary/aromatic N) is 2. The van der Waals surface area contributed by atoms with Crippen LogP contribution in [0.2, 0.25) is 0 Å². The minimum absolute atomic E-state index is 0.0856. The van der Waals surface area contributed by atoms with Crippen LogP contribution in [-0.2, 0) is 9.53 Å². The quantitative estimate of drug-likeness (QED) is 0.874. The van der Waals surface area contributed by atoms with E-state index in [4.69, 9.17) is 4.74 Å². The van der Waals surface area contributed by atoms with Crippen LogP contribution in [-0.4, -0.2) is 59.6 Å². The van der Waals surface area contributed by atoms with Gasteiger partial charge in [0.2, 0.25) is 5.91 Å². The minimum Gasteiger partial charge on any atom is -0.444 e. The Hall–Kier alpha value is -2.15. The molecule has 2 unspecified atom stereocenters. The predicted molar refractivity (Wildman–Crippen MR) is 102 cm³/mol. The van der Waals surface area contributed by atoms with Crippen molar-refractivity contribution in [2.45, 2.75) is 52.3 Å². The summed E-state index contributed by atoms with van der Waals surface area (Å²) in [6, 6.07) is 5.60. The summed E-state index contributed by atoms with van der Waals surface area (Å²) in [7, 11) is 0. The van der Waals surface area contributed by atoms with Crippen LogP contribution in [0.4, 0.5) is 9.18 Å². The molecule has 1 N–H and O–H groups in total. The van der Waals surface area contributed by atoms with Crippen LogP contribution in [0.5, 0.6) is 0 Å². The van der Waals surface area contributed by atoms with Gasteiger partial charge in [-0.2, -0.15) is 0 Å². The maximum Gasteiger partial charge on any atom is 0.410 e. The third-order valence-corrected chi connectivity index (χ3v) is 4.62. The molecule has 27 heavy (non-hydrogen) atoms. The summed E-state index contributed by atoms with van der Waals surface area (Å²) in [4.78, 5) is 28.4. The molecular weight excluding hydrogens is 349 g/mol. The number of benzene rings is 1. The van der Waals surface area contributed by atoms with E-state index >= 15 is 0 Å².